The average Bonchev–Trinajstić information content (AvgIpc) is 2.65. The molecular weight excluding hydrogens is 400 g/mol. The Morgan fingerprint density at radius 2 is 1.82 bits per heavy atom. The van der Waals surface area contributed by atoms with Crippen molar-refractivity contribution in [2.75, 3.05) is 24.6 Å². The number of anilines is 1. The third kappa shape index (κ3) is 4.31. The number of aryl methyl sites for hydroxylation is 1. The van der Waals surface area contributed by atoms with E-state index in [0.717, 1.165) is 16.7 Å². The van der Waals surface area contributed by atoms with E-state index in [2.05, 4.69) is 4.72 Å². The van der Waals surface area contributed by atoms with Gasteiger partial charge in [0, 0.05) is 18.8 Å². The van der Waals surface area contributed by atoms with Gasteiger partial charge in [0.1, 0.15) is 10.6 Å². The first-order valence-electron chi connectivity index (χ1n) is 8.90. The zero-order chi connectivity index (χ0) is 20.5. The first-order chi connectivity index (χ1) is 13.1. The number of sulfonamides is 2. The molecule has 0 unspecified atom stereocenters. The van der Waals surface area contributed by atoms with Crippen molar-refractivity contribution in [1.82, 2.24) is 4.31 Å². The molecule has 7 nitrogen and oxygen atoms in total. The van der Waals surface area contributed by atoms with Crippen LogP contribution in [0.15, 0.2) is 41.3 Å². The van der Waals surface area contributed by atoms with Crippen LogP contribution in [0.3, 0.4) is 0 Å². The van der Waals surface area contributed by atoms with Crippen LogP contribution in [-0.2, 0) is 39.4 Å². The molecule has 0 amide bonds. The van der Waals surface area contributed by atoms with E-state index in [1.54, 1.807) is 24.3 Å². The van der Waals surface area contributed by atoms with Gasteiger partial charge >= 0.3 is 0 Å². The van der Waals surface area contributed by atoms with E-state index in [1.165, 1.54) is 17.7 Å². The molecule has 1 heterocycles. The zero-order valence-corrected chi connectivity index (χ0v) is 17.7. The highest BCUT2D eigenvalue weighted by Crippen LogP contribution is 2.29. The topological polar surface area (TPSA) is 92.8 Å². The maximum atomic E-state index is 12.9. The van der Waals surface area contributed by atoms with Crippen LogP contribution in [0.2, 0.25) is 0 Å². The quantitative estimate of drug-likeness (QED) is 0.769. The summed E-state index contributed by atoms with van der Waals surface area (Å²) in [5.74, 6) is 0.269. The van der Waals surface area contributed by atoms with Crippen molar-refractivity contribution in [3.05, 3.63) is 53.1 Å². The minimum atomic E-state index is -3.86. The molecule has 3 rings (SSSR count). The predicted octanol–water partition coefficient (Wildman–Crippen LogP) is 2.38. The zero-order valence-electron chi connectivity index (χ0n) is 16.1. The van der Waals surface area contributed by atoms with Crippen LogP contribution < -0.4 is 9.46 Å². The minimum Gasteiger partial charge on any atom is -0.495 e. The Bertz CT molecular complexity index is 1100. The van der Waals surface area contributed by atoms with Gasteiger partial charge in [0.15, 0.2) is 0 Å². The Balaban J connectivity index is 1.92. The summed E-state index contributed by atoms with van der Waals surface area (Å²) >= 11 is 0. The summed E-state index contributed by atoms with van der Waals surface area (Å²) in [6.07, 6.45) is 2.48. The summed E-state index contributed by atoms with van der Waals surface area (Å²) in [5, 5.41) is 0. The minimum absolute atomic E-state index is 0.0739. The van der Waals surface area contributed by atoms with Crippen LogP contribution in [0.1, 0.15) is 23.6 Å². The summed E-state index contributed by atoms with van der Waals surface area (Å²) in [6, 6.07) is 10.3. The van der Waals surface area contributed by atoms with Crippen molar-refractivity contribution in [1.29, 1.82) is 0 Å². The fourth-order valence-electron chi connectivity index (χ4n) is 3.24. The lowest BCUT2D eigenvalue weighted by Crippen LogP contribution is -2.35. The van der Waals surface area contributed by atoms with Crippen LogP contribution in [-0.4, -0.2) is 41.1 Å². The van der Waals surface area contributed by atoms with E-state index in [0.29, 0.717) is 25.1 Å². The Hall–Kier alpha value is -2.10. The first kappa shape index (κ1) is 20.6. The van der Waals surface area contributed by atoms with Gasteiger partial charge in [-0.15, -0.1) is 0 Å². The van der Waals surface area contributed by atoms with Gasteiger partial charge in [-0.3, -0.25) is 4.72 Å². The normalized spacial score (nSPS) is 15.1. The molecule has 152 valence electrons. The fraction of sp³-hybridized carbons (Fsp3) is 0.368. The number of ether oxygens (including phenoxy) is 1. The number of fused-ring (bicyclic) bond motifs is 1. The number of benzene rings is 2. The van der Waals surface area contributed by atoms with E-state index in [-0.39, 0.29) is 17.2 Å². The Morgan fingerprint density at radius 3 is 2.46 bits per heavy atom. The molecule has 0 aliphatic carbocycles. The number of hydrogen-bond acceptors (Lipinski definition) is 5. The molecule has 0 saturated carbocycles. The lowest BCUT2D eigenvalue weighted by atomic mass is 10.0. The summed E-state index contributed by atoms with van der Waals surface area (Å²) < 4.78 is 58.7. The van der Waals surface area contributed by atoms with Gasteiger partial charge in [0.25, 0.3) is 10.0 Å². The predicted molar refractivity (Wildman–Crippen MR) is 109 cm³/mol. The number of nitrogens with zero attached hydrogens (tertiary/aromatic N) is 1. The maximum absolute atomic E-state index is 12.9. The van der Waals surface area contributed by atoms with Crippen LogP contribution >= 0.6 is 0 Å². The molecule has 0 saturated heterocycles. The molecular formula is C19H24N2O5S2. The Labute approximate surface area is 166 Å². The highest BCUT2D eigenvalue weighted by atomic mass is 32.2. The number of rotatable bonds is 6. The van der Waals surface area contributed by atoms with E-state index >= 15 is 0 Å². The third-order valence-corrected chi connectivity index (χ3v) is 7.48. The van der Waals surface area contributed by atoms with Crippen molar-refractivity contribution < 1.29 is 21.6 Å². The molecule has 0 bridgehead atoms. The summed E-state index contributed by atoms with van der Waals surface area (Å²) in [4.78, 5) is 0.0739. The summed E-state index contributed by atoms with van der Waals surface area (Å²) in [6.45, 7) is 2.61. The molecule has 1 aliphatic rings. The molecule has 28 heavy (non-hydrogen) atoms. The van der Waals surface area contributed by atoms with E-state index in [1.807, 2.05) is 19.1 Å². The van der Waals surface area contributed by atoms with E-state index in [9.17, 15) is 16.8 Å². The lowest BCUT2D eigenvalue weighted by Gasteiger charge is -2.27. The van der Waals surface area contributed by atoms with Crippen LogP contribution in [0.25, 0.3) is 0 Å². The molecule has 2 aromatic rings. The smallest absolute Gasteiger partial charge is 0.265 e. The van der Waals surface area contributed by atoms with Gasteiger partial charge in [-0.25, -0.2) is 16.8 Å². The van der Waals surface area contributed by atoms with Gasteiger partial charge in [-0.05, 0) is 53.8 Å². The van der Waals surface area contributed by atoms with Crippen molar-refractivity contribution >= 4 is 25.7 Å². The lowest BCUT2D eigenvalue weighted by molar-refractivity contribution is 0.395. The second kappa shape index (κ2) is 7.73. The van der Waals surface area contributed by atoms with Crippen molar-refractivity contribution in [2.45, 2.75) is 31.2 Å². The molecule has 1 N–H and O–H groups in total. The monoisotopic (exact) mass is 424 g/mol. The fourth-order valence-corrected chi connectivity index (χ4v) is 5.31. The highest BCUT2D eigenvalue weighted by molar-refractivity contribution is 7.92. The summed E-state index contributed by atoms with van der Waals surface area (Å²) in [5.41, 5.74) is 3.09. The average molecular weight is 425 g/mol. The molecule has 0 atom stereocenters. The molecule has 2 aromatic carbocycles. The SMILES string of the molecule is CCc1ccc(OC)c(S(=O)(=O)Nc2ccc3c(c2)CN(S(C)(=O)=O)CC3)c1. The van der Waals surface area contributed by atoms with Gasteiger partial charge in [0.05, 0.1) is 13.4 Å². The van der Waals surface area contributed by atoms with Crippen molar-refractivity contribution in [3.63, 3.8) is 0 Å². The molecule has 0 fully saturated rings. The number of hydrogen-bond donors (Lipinski definition) is 1. The number of methoxy groups -OCH3 is 1. The van der Waals surface area contributed by atoms with Crippen molar-refractivity contribution in [3.8, 4) is 5.75 Å². The Morgan fingerprint density at radius 1 is 1.07 bits per heavy atom. The number of nitrogens with one attached hydrogen (secondary N) is 1. The second-order valence-electron chi connectivity index (χ2n) is 6.77. The molecule has 0 radical (unpaired) electrons. The summed E-state index contributed by atoms with van der Waals surface area (Å²) in [7, 11) is -5.73. The molecule has 1 aliphatic heterocycles. The van der Waals surface area contributed by atoms with Crippen LogP contribution in [0, 0.1) is 0 Å². The maximum Gasteiger partial charge on any atom is 0.265 e. The first-order valence-corrected chi connectivity index (χ1v) is 12.2. The molecule has 0 aromatic heterocycles. The van der Waals surface area contributed by atoms with Crippen LogP contribution in [0.4, 0.5) is 5.69 Å². The standard InChI is InChI=1S/C19H24N2O5S2/c1-4-14-5-8-18(26-2)19(11-14)28(24,25)20-17-7-6-15-9-10-21(27(3,22)23)13-16(15)12-17/h5-8,11-12,20H,4,9-10,13H2,1-3H3. The largest absolute Gasteiger partial charge is 0.495 e. The Kier molecular flexibility index (Phi) is 5.69. The van der Waals surface area contributed by atoms with Crippen LogP contribution in [0.5, 0.6) is 5.75 Å². The van der Waals surface area contributed by atoms with E-state index < -0.39 is 20.0 Å². The van der Waals surface area contributed by atoms with Gasteiger partial charge in [-0.2, -0.15) is 4.31 Å². The van der Waals surface area contributed by atoms with Gasteiger partial charge < -0.3 is 4.74 Å². The second-order valence-corrected chi connectivity index (χ2v) is 10.4. The molecule has 0 spiro atoms. The van der Waals surface area contributed by atoms with E-state index in [4.69, 9.17) is 4.74 Å². The van der Waals surface area contributed by atoms with Gasteiger partial charge in [-0.1, -0.05) is 19.1 Å². The van der Waals surface area contributed by atoms with Gasteiger partial charge in [0.2, 0.25) is 10.0 Å². The third-order valence-electron chi connectivity index (χ3n) is 4.83. The molecule has 9 heteroatoms. The highest BCUT2D eigenvalue weighted by Gasteiger charge is 2.25. The van der Waals surface area contributed by atoms with Crippen molar-refractivity contribution in [2.24, 2.45) is 0 Å².